The molecule has 0 radical (unpaired) electrons. The lowest BCUT2D eigenvalue weighted by atomic mass is 10.1. The molecule has 3 N–H and O–H groups in total. The van der Waals surface area contributed by atoms with Gasteiger partial charge in [-0.3, -0.25) is 4.79 Å². The van der Waals surface area contributed by atoms with Crippen molar-refractivity contribution in [1.29, 1.82) is 0 Å². The Bertz CT molecular complexity index is 351. The second-order valence-electron chi connectivity index (χ2n) is 3.80. The molecule has 0 bridgehead atoms. The Morgan fingerprint density at radius 2 is 2.00 bits per heavy atom. The fraction of sp³-hybridized carbons (Fsp3) is 0.417. The maximum Gasteiger partial charge on any atom is 0.237 e. The molecule has 4 heteroatoms. The first-order valence-corrected chi connectivity index (χ1v) is 5.73. The van der Waals surface area contributed by atoms with Gasteiger partial charge in [-0.25, -0.2) is 0 Å². The van der Waals surface area contributed by atoms with Crippen molar-refractivity contribution in [2.45, 2.75) is 32.4 Å². The van der Waals surface area contributed by atoms with E-state index in [9.17, 15) is 4.79 Å². The number of nitrogens with two attached hydrogens (primary N) is 1. The first-order chi connectivity index (χ1) is 7.54. The van der Waals surface area contributed by atoms with Crippen LogP contribution in [-0.4, -0.2) is 11.9 Å². The molecule has 1 unspecified atom stereocenters. The van der Waals surface area contributed by atoms with Gasteiger partial charge in [0.15, 0.2) is 0 Å². The molecule has 1 aromatic rings. The molecule has 1 rings (SSSR count). The van der Waals surface area contributed by atoms with Gasteiger partial charge in [0, 0.05) is 5.02 Å². The molecule has 0 aliphatic rings. The number of amides is 1. The lowest BCUT2D eigenvalue weighted by Crippen LogP contribution is -2.41. The van der Waals surface area contributed by atoms with Gasteiger partial charge >= 0.3 is 0 Å². The smallest absolute Gasteiger partial charge is 0.237 e. The van der Waals surface area contributed by atoms with Crippen molar-refractivity contribution in [1.82, 2.24) is 5.32 Å². The molecule has 0 fully saturated rings. The number of rotatable bonds is 4. The summed E-state index contributed by atoms with van der Waals surface area (Å²) in [6.45, 7) is 3.81. The van der Waals surface area contributed by atoms with Crippen LogP contribution in [0.25, 0.3) is 0 Å². The van der Waals surface area contributed by atoms with E-state index < -0.39 is 6.04 Å². The molecule has 1 aromatic carbocycles. The molecule has 1 amide bonds. The largest absolute Gasteiger partial charge is 0.348 e. The van der Waals surface area contributed by atoms with E-state index in [1.54, 1.807) is 12.1 Å². The zero-order valence-electron chi connectivity index (χ0n) is 9.53. The number of hydrogen-bond donors (Lipinski definition) is 2. The van der Waals surface area contributed by atoms with Crippen LogP contribution in [0.4, 0.5) is 0 Å². The third-order valence-corrected chi connectivity index (χ3v) is 2.76. The first kappa shape index (κ1) is 13.0. The van der Waals surface area contributed by atoms with Crippen molar-refractivity contribution in [3.63, 3.8) is 0 Å². The third kappa shape index (κ3) is 3.51. The normalized spacial score (nSPS) is 14.2. The Labute approximate surface area is 101 Å². The fourth-order valence-corrected chi connectivity index (χ4v) is 1.47. The Morgan fingerprint density at radius 1 is 1.44 bits per heavy atom. The summed E-state index contributed by atoms with van der Waals surface area (Å²) in [5.41, 5.74) is 6.65. The van der Waals surface area contributed by atoms with Gasteiger partial charge in [0.1, 0.15) is 0 Å². The monoisotopic (exact) mass is 240 g/mol. The molecule has 0 saturated carbocycles. The number of benzene rings is 1. The lowest BCUT2D eigenvalue weighted by Gasteiger charge is -2.17. The third-order valence-electron chi connectivity index (χ3n) is 2.51. The summed E-state index contributed by atoms with van der Waals surface area (Å²) in [5.74, 6) is -0.120. The van der Waals surface area contributed by atoms with Crippen LogP contribution in [0.1, 0.15) is 31.9 Å². The summed E-state index contributed by atoms with van der Waals surface area (Å²) in [5, 5.41) is 3.55. The fourth-order valence-electron chi connectivity index (χ4n) is 1.34. The van der Waals surface area contributed by atoms with E-state index in [-0.39, 0.29) is 11.9 Å². The molecule has 0 saturated heterocycles. The molecule has 3 nitrogen and oxygen atoms in total. The Balaban J connectivity index is 2.62. The molecule has 0 spiro atoms. The molecule has 0 aliphatic heterocycles. The molecule has 0 aromatic heterocycles. The number of carbonyl (C=O) groups is 1. The molecular formula is C12H17ClN2O. The summed E-state index contributed by atoms with van der Waals surface area (Å²) in [6, 6.07) is 6.91. The van der Waals surface area contributed by atoms with Gasteiger partial charge in [0.25, 0.3) is 0 Å². The molecular weight excluding hydrogens is 224 g/mol. The minimum Gasteiger partial charge on any atom is -0.348 e. The number of carbonyl (C=O) groups excluding carboxylic acids is 1. The van der Waals surface area contributed by atoms with Gasteiger partial charge in [0.2, 0.25) is 5.91 Å². The van der Waals surface area contributed by atoms with Gasteiger partial charge in [0.05, 0.1) is 12.1 Å². The van der Waals surface area contributed by atoms with Crippen LogP contribution in [0.5, 0.6) is 0 Å². The highest BCUT2D eigenvalue weighted by Crippen LogP contribution is 2.15. The van der Waals surface area contributed by atoms with Crippen molar-refractivity contribution in [3.8, 4) is 0 Å². The zero-order valence-corrected chi connectivity index (χ0v) is 10.3. The van der Waals surface area contributed by atoms with Crippen LogP contribution in [0.2, 0.25) is 5.02 Å². The average molecular weight is 241 g/mol. The van der Waals surface area contributed by atoms with Crippen molar-refractivity contribution in [2.75, 3.05) is 0 Å². The van der Waals surface area contributed by atoms with Crippen LogP contribution < -0.4 is 11.1 Å². The van der Waals surface area contributed by atoms with Crippen molar-refractivity contribution in [3.05, 3.63) is 34.9 Å². The van der Waals surface area contributed by atoms with Crippen LogP contribution >= 0.6 is 11.6 Å². The van der Waals surface area contributed by atoms with E-state index >= 15 is 0 Å². The van der Waals surface area contributed by atoms with E-state index in [4.69, 9.17) is 17.3 Å². The molecule has 88 valence electrons. The number of nitrogens with one attached hydrogen (secondary N) is 1. The second-order valence-corrected chi connectivity index (χ2v) is 4.23. The summed E-state index contributed by atoms with van der Waals surface area (Å²) in [7, 11) is 0. The average Bonchev–Trinajstić information content (AvgIpc) is 2.28. The summed E-state index contributed by atoms with van der Waals surface area (Å²) < 4.78 is 0. The van der Waals surface area contributed by atoms with E-state index in [0.717, 1.165) is 5.56 Å². The maximum atomic E-state index is 11.6. The Hall–Kier alpha value is -1.06. The van der Waals surface area contributed by atoms with Crippen LogP contribution in [0.3, 0.4) is 0 Å². The standard InChI is InChI=1S/C12H17ClN2O/c1-3-11(14)12(16)15-8(2)9-4-6-10(13)7-5-9/h4-8,11H,3,14H2,1-2H3,(H,15,16)/t8-,11?/m0/s1. The summed E-state index contributed by atoms with van der Waals surface area (Å²) in [4.78, 5) is 11.6. The predicted molar refractivity (Wildman–Crippen MR) is 66.3 cm³/mol. The highest BCUT2D eigenvalue weighted by atomic mass is 35.5. The summed E-state index contributed by atoms with van der Waals surface area (Å²) >= 11 is 5.79. The number of halogens is 1. The van der Waals surface area contributed by atoms with Gasteiger partial charge in [-0.2, -0.15) is 0 Å². The first-order valence-electron chi connectivity index (χ1n) is 5.36. The second kappa shape index (κ2) is 5.87. The van der Waals surface area contributed by atoms with Crippen molar-refractivity contribution >= 4 is 17.5 Å². The highest BCUT2D eigenvalue weighted by Gasteiger charge is 2.14. The van der Waals surface area contributed by atoms with E-state index in [0.29, 0.717) is 11.4 Å². The quantitative estimate of drug-likeness (QED) is 0.848. The minimum absolute atomic E-state index is 0.0534. The van der Waals surface area contributed by atoms with E-state index in [2.05, 4.69) is 5.32 Å². The van der Waals surface area contributed by atoms with Crippen LogP contribution in [0, 0.1) is 0 Å². The van der Waals surface area contributed by atoms with Gasteiger partial charge in [-0.05, 0) is 31.0 Å². The molecule has 16 heavy (non-hydrogen) atoms. The SMILES string of the molecule is CCC(N)C(=O)N[C@@H](C)c1ccc(Cl)cc1. The van der Waals surface area contributed by atoms with E-state index in [1.165, 1.54) is 0 Å². The maximum absolute atomic E-state index is 11.6. The topological polar surface area (TPSA) is 55.1 Å². The van der Waals surface area contributed by atoms with Crippen molar-refractivity contribution in [2.24, 2.45) is 5.73 Å². The highest BCUT2D eigenvalue weighted by molar-refractivity contribution is 6.30. The zero-order chi connectivity index (χ0) is 12.1. The van der Waals surface area contributed by atoms with Gasteiger partial charge in [-0.1, -0.05) is 30.7 Å². The Kier molecular flexibility index (Phi) is 4.77. The molecule has 0 heterocycles. The van der Waals surface area contributed by atoms with E-state index in [1.807, 2.05) is 26.0 Å². The number of hydrogen-bond acceptors (Lipinski definition) is 2. The molecule has 2 atom stereocenters. The predicted octanol–water partition coefficient (Wildman–Crippen LogP) is 2.25. The summed E-state index contributed by atoms with van der Waals surface area (Å²) in [6.07, 6.45) is 0.638. The molecule has 0 aliphatic carbocycles. The van der Waals surface area contributed by atoms with Gasteiger partial charge in [-0.15, -0.1) is 0 Å². The van der Waals surface area contributed by atoms with Gasteiger partial charge < -0.3 is 11.1 Å². The Morgan fingerprint density at radius 3 is 2.50 bits per heavy atom. The van der Waals surface area contributed by atoms with Crippen molar-refractivity contribution < 1.29 is 4.79 Å². The van der Waals surface area contributed by atoms with Crippen LogP contribution in [0.15, 0.2) is 24.3 Å². The minimum atomic E-state index is -0.435. The lowest BCUT2D eigenvalue weighted by molar-refractivity contribution is -0.123. The van der Waals surface area contributed by atoms with Crippen LogP contribution in [-0.2, 0) is 4.79 Å².